The molecule has 1 amide bonds. The zero-order valence-electron chi connectivity index (χ0n) is 21.4. The maximum absolute atomic E-state index is 13.6. The molecule has 7 heteroatoms. The molecular formula is C29H36FN3O3. The average molecular weight is 494 g/mol. The topological polar surface area (TPSA) is 74.6 Å². The molecule has 0 atom stereocenters. The number of carbonyl (C=O) groups excluding carboxylic acids is 1. The molecule has 0 aliphatic carbocycles. The minimum absolute atomic E-state index is 0.314. The van der Waals surface area contributed by atoms with Crippen molar-refractivity contribution in [2.75, 3.05) is 19.6 Å². The molecule has 3 rings (SSSR count). The Kier molecular flexibility index (Phi) is 9.42. The van der Waals surface area contributed by atoms with E-state index in [-0.39, 0.29) is 17.1 Å². The number of likely N-dealkylation sites (tertiary alicyclic amines) is 1. The van der Waals surface area contributed by atoms with Crippen LogP contribution in [-0.4, -0.2) is 40.1 Å². The third kappa shape index (κ3) is 6.40. The summed E-state index contributed by atoms with van der Waals surface area (Å²) in [7, 11) is 0. The van der Waals surface area contributed by atoms with Crippen LogP contribution < -0.4 is 21.4 Å². The summed E-state index contributed by atoms with van der Waals surface area (Å²) in [4.78, 5) is 28.9. The van der Waals surface area contributed by atoms with Gasteiger partial charge in [-0.3, -0.25) is 9.59 Å². The van der Waals surface area contributed by atoms with E-state index in [1.807, 2.05) is 26.0 Å². The van der Waals surface area contributed by atoms with Crippen molar-refractivity contribution >= 4 is 23.6 Å². The van der Waals surface area contributed by atoms with Gasteiger partial charge in [-0.15, -0.1) is 0 Å². The Morgan fingerprint density at radius 2 is 1.83 bits per heavy atom. The van der Waals surface area contributed by atoms with Crippen molar-refractivity contribution in [1.82, 2.24) is 14.8 Å². The van der Waals surface area contributed by atoms with Gasteiger partial charge in [0.15, 0.2) is 0 Å². The standard InChI is InChI=1S/C29H36FN3O3/c1-5-10-25-24(19-21(6-2)22-11-13-23(30)14-12-22)27(34)26(28(35)31-20(3)4)29(36)33(25)18-17-32-15-8-7-9-16-32/h6,10-14,19,34H,3,5,7-9,15-18H2,1-2,4H3,(H,31,35)/b21-6+,24-19+,25-10-. The van der Waals surface area contributed by atoms with Crippen LogP contribution in [0.1, 0.15) is 62.4 Å². The molecule has 6 nitrogen and oxygen atoms in total. The number of rotatable bonds is 8. The molecule has 0 unspecified atom stereocenters. The Hall–Kier alpha value is -3.45. The van der Waals surface area contributed by atoms with Gasteiger partial charge in [0.2, 0.25) is 0 Å². The van der Waals surface area contributed by atoms with Crippen LogP contribution in [0.4, 0.5) is 4.39 Å². The van der Waals surface area contributed by atoms with Gasteiger partial charge in [-0.2, -0.15) is 0 Å². The first-order valence-electron chi connectivity index (χ1n) is 12.6. The van der Waals surface area contributed by atoms with Crippen LogP contribution in [0, 0.1) is 5.82 Å². The van der Waals surface area contributed by atoms with Gasteiger partial charge in [0, 0.05) is 24.0 Å². The van der Waals surface area contributed by atoms with Crippen LogP contribution in [0.3, 0.4) is 0 Å². The second kappa shape index (κ2) is 12.5. The average Bonchev–Trinajstić information content (AvgIpc) is 2.85. The van der Waals surface area contributed by atoms with E-state index in [1.165, 1.54) is 18.6 Å². The lowest BCUT2D eigenvalue weighted by atomic mass is 10.0. The second-order valence-corrected chi connectivity index (χ2v) is 9.12. The molecule has 0 saturated carbocycles. The van der Waals surface area contributed by atoms with Crippen molar-refractivity contribution in [3.8, 4) is 5.75 Å². The number of aromatic nitrogens is 1. The Morgan fingerprint density at radius 1 is 1.17 bits per heavy atom. The van der Waals surface area contributed by atoms with Crippen molar-refractivity contribution in [2.45, 2.75) is 53.0 Å². The van der Waals surface area contributed by atoms with Gasteiger partial charge in [-0.1, -0.05) is 44.2 Å². The van der Waals surface area contributed by atoms with E-state index >= 15 is 0 Å². The summed E-state index contributed by atoms with van der Waals surface area (Å²) in [6.45, 7) is 12.1. The number of piperidine rings is 1. The monoisotopic (exact) mass is 493 g/mol. The van der Waals surface area contributed by atoms with Crippen LogP contribution in [-0.2, 0) is 6.54 Å². The van der Waals surface area contributed by atoms with Crippen LogP contribution in [0.5, 0.6) is 5.75 Å². The third-order valence-electron chi connectivity index (χ3n) is 6.35. The Balaban J connectivity index is 2.27. The van der Waals surface area contributed by atoms with E-state index in [0.717, 1.165) is 37.1 Å². The summed E-state index contributed by atoms with van der Waals surface area (Å²) in [5.74, 6) is -1.42. The minimum Gasteiger partial charge on any atom is -0.506 e. The van der Waals surface area contributed by atoms with E-state index in [2.05, 4.69) is 16.8 Å². The summed E-state index contributed by atoms with van der Waals surface area (Å²) in [5, 5.41) is 14.8. The maximum atomic E-state index is 13.6. The molecule has 1 aromatic carbocycles. The molecular weight excluding hydrogens is 457 g/mol. The van der Waals surface area contributed by atoms with Crippen molar-refractivity contribution < 1.29 is 14.3 Å². The fourth-order valence-electron chi connectivity index (χ4n) is 4.54. The quantitative estimate of drug-likeness (QED) is 0.590. The highest BCUT2D eigenvalue weighted by molar-refractivity contribution is 5.98. The van der Waals surface area contributed by atoms with Gasteiger partial charge in [-0.05, 0) is 75.5 Å². The highest BCUT2D eigenvalue weighted by Crippen LogP contribution is 2.17. The van der Waals surface area contributed by atoms with E-state index in [9.17, 15) is 19.1 Å². The molecule has 1 aliphatic heterocycles. The number of nitrogens with zero attached hydrogens (tertiary/aromatic N) is 2. The Bertz CT molecular complexity index is 1320. The summed E-state index contributed by atoms with van der Waals surface area (Å²) < 4.78 is 15.1. The fourth-order valence-corrected chi connectivity index (χ4v) is 4.54. The number of pyridine rings is 1. The Morgan fingerprint density at radius 3 is 2.42 bits per heavy atom. The van der Waals surface area contributed by atoms with Crippen molar-refractivity contribution in [3.63, 3.8) is 0 Å². The number of amides is 1. The van der Waals surface area contributed by atoms with Crippen LogP contribution >= 0.6 is 0 Å². The molecule has 0 radical (unpaired) electrons. The lowest BCUT2D eigenvalue weighted by Gasteiger charge is -2.26. The zero-order chi connectivity index (χ0) is 26.2. The molecule has 1 aromatic heterocycles. The van der Waals surface area contributed by atoms with Crippen molar-refractivity contribution in [1.29, 1.82) is 0 Å². The highest BCUT2D eigenvalue weighted by atomic mass is 19.1. The lowest BCUT2D eigenvalue weighted by molar-refractivity contribution is 0.0960. The number of aromatic hydroxyl groups is 1. The Labute approximate surface area is 211 Å². The summed E-state index contributed by atoms with van der Waals surface area (Å²) in [6.07, 6.45) is 9.59. The summed E-state index contributed by atoms with van der Waals surface area (Å²) in [5.41, 5.74) is 0.992. The third-order valence-corrected chi connectivity index (χ3v) is 6.35. The first kappa shape index (κ1) is 27.1. The van der Waals surface area contributed by atoms with Gasteiger partial charge < -0.3 is 19.9 Å². The molecule has 192 valence electrons. The highest BCUT2D eigenvalue weighted by Gasteiger charge is 2.22. The van der Waals surface area contributed by atoms with E-state index in [1.54, 1.807) is 29.7 Å². The van der Waals surface area contributed by atoms with Gasteiger partial charge in [-0.25, -0.2) is 4.39 Å². The number of nitrogens with one attached hydrogen (secondary N) is 1. The first-order chi connectivity index (χ1) is 17.3. The number of benzene rings is 1. The second-order valence-electron chi connectivity index (χ2n) is 9.12. The number of carbonyl (C=O) groups is 1. The van der Waals surface area contributed by atoms with E-state index in [4.69, 9.17) is 0 Å². The van der Waals surface area contributed by atoms with Crippen LogP contribution in [0.15, 0.2) is 47.4 Å². The lowest BCUT2D eigenvalue weighted by Crippen LogP contribution is -2.49. The normalized spacial score (nSPS) is 15.8. The van der Waals surface area contributed by atoms with E-state index < -0.39 is 11.5 Å². The molecule has 1 aliphatic rings. The number of halogens is 1. The molecule has 0 bridgehead atoms. The number of allylic oxidation sites excluding steroid dienone is 3. The minimum atomic E-state index is -0.696. The number of hydrogen-bond acceptors (Lipinski definition) is 4. The molecule has 2 heterocycles. The van der Waals surface area contributed by atoms with E-state index in [0.29, 0.717) is 35.8 Å². The predicted octanol–water partition coefficient (Wildman–Crippen LogP) is 3.52. The van der Waals surface area contributed by atoms with Gasteiger partial charge in [0.05, 0.1) is 5.35 Å². The molecule has 1 fully saturated rings. The molecule has 2 aromatic rings. The zero-order valence-corrected chi connectivity index (χ0v) is 21.4. The largest absolute Gasteiger partial charge is 0.506 e. The van der Waals surface area contributed by atoms with Gasteiger partial charge >= 0.3 is 0 Å². The molecule has 0 spiro atoms. The van der Waals surface area contributed by atoms with Gasteiger partial charge in [0.25, 0.3) is 11.5 Å². The maximum Gasteiger partial charge on any atom is 0.267 e. The fraction of sp³-hybridized carbons (Fsp3) is 0.379. The summed E-state index contributed by atoms with van der Waals surface area (Å²) in [6, 6.07) is 6.05. The van der Waals surface area contributed by atoms with Gasteiger partial charge in [0.1, 0.15) is 17.1 Å². The molecule has 1 saturated heterocycles. The van der Waals surface area contributed by atoms with Crippen molar-refractivity contribution in [3.05, 3.63) is 80.5 Å². The van der Waals surface area contributed by atoms with Crippen LogP contribution in [0.2, 0.25) is 0 Å². The predicted molar refractivity (Wildman–Crippen MR) is 143 cm³/mol. The number of hydrogen-bond donors (Lipinski definition) is 2. The van der Waals surface area contributed by atoms with Crippen molar-refractivity contribution in [2.24, 2.45) is 0 Å². The van der Waals surface area contributed by atoms with Crippen LogP contribution in [0.25, 0.3) is 17.7 Å². The smallest absolute Gasteiger partial charge is 0.267 e. The molecule has 36 heavy (non-hydrogen) atoms. The first-order valence-corrected chi connectivity index (χ1v) is 12.6. The SMILES string of the molecule is C=C(C)NC(=O)c1c(O)c(=C/C(=C\C)c2ccc(F)cc2)/c(=C/CC)n(CCN2CCCCC2)c1=O. The molecule has 2 N–H and O–H groups in total. The summed E-state index contributed by atoms with van der Waals surface area (Å²) >= 11 is 0.